The zero-order valence-corrected chi connectivity index (χ0v) is 12.6. The number of hydrogen-bond acceptors (Lipinski definition) is 5. The average molecular weight is 290 g/mol. The smallest absolute Gasteiger partial charge is 0.106 e. The van der Waals surface area contributed by atoms with Gasteiger partial charge in [0.25, 0.3) is 0 Å². The van der Waals surface area contributed by atoms with Crippen LogP contribution < -0.4 is 5.32 Å². The molecule has 0 bridgehead atoms. The van der Waals surface area contributed by atoms with Gasteiger partial charge in [0.05, 0.1) is 31.2 Å². The van der Waals surface area contributed by atoms with Gasteiger partial charge in [0.1, 0.15) is 5.82 Å². The second kappa shape index (κ2) is 8.89. The molecule has 2 aromatic rings. The van der Waals surface area contributed by atoms with Crippen molar-refractivity contribution in [3.05, 3.63) is 36.9 Å². The molecule has 7 heteroatoms. The molecule has 0 fully saturated rings. The van der Waals surface area contributed by atoms with E-state index >= 15 is 0 Å². The second-order valence-electron chi connectivity index (χ2n) is 4.60. The number of nitriles is 1. The number of aryl methyl sites for hydroxylation is 1. The Labute approximate surface area is 124 Å². The summed E-state index contributed by atoms with van der Waals surface area (Å²) < 4.78 is 3.81. The minimum Gasteiger partial charge on any atom is -0.395 e. The van der Waals surface area contributed by atoms with Gasteiger partial charge in [-0.3, -0.25) is 5.32 Å². The molecule has 0 aliphatic heterocycles. The van der Waals surface area contributed by atoms with Gasteiger partial charge in [-0.05, 0) is 20.8 Å². The molecule has 0 radical (unpaired) electrons. The zero-order valence-electron chi connectivity index (χ0n) is 12.6. The molecule has 0 saturated heterocycles. The summed E-state index contributed by atoms with van der Waals surface area (Å²) in [6.45, 7) is 6.59. The monoisotopic (exact) mass is 290 g/mol. The lowest BCUT2D eigenvalue weighted by Crippen LogP contribution is -2.31. The predicted molar refractivity (Wildman–Crippen MR) is 79.2 cm³/mol. The van der Waals surface area contributed by atoms with E-state index in [2.05, 4.69) is 21.4 Å². The molecular weight excluding hydrogens is 268 g/mol. The Bertz CT molecular complexity index is 542. The van der Waals surface area contributed by atoms with Gasteiger partial charge in [-0.2, -0.15) is 5.26 Å². The molecule has 2 N–H and O–H groups in total. The largest absolute Gasteiger partial charge is 0.395 e. The highest BCUT2D eigenvalue weighted by Crippen LogP contribution is 2.05. The van der Waals surface area contributed by atoms with Gasteiger partial charge in [0, 0.05) is 31.3 Å². The van der Waals surface area contributed by atoms with Crippen LogP contribution in [0.5, 0.6) is 0 Å². The van der Waals surface area contributed by atoms with E-state index in [9.17, 15) is 0 Å². The van der Waals surface area contributed by atoms with Crippen molar-refractivity contribution < 1.29 is 5.11 Å². The van der Waals surface area contributed by atoms with E-state index in [4.69, 9.17) is 10.4 Å². The minimum atomic E-state index is -0.142. The molecule has 0 aliphatic rings. The van der Waals surface area contributed by atoms with Crippen molar-refractivity contribution in [2.45, 2.75) is 39.5 Å². The third kappa shape index (κ3) is 5.77. The summed E-state index contributed by atoms with van der Waals surface area (Å²) in [5.74, 6) is 0.949. The molecule has 2 heterocycles. The number of aliphatic hydroxyl groups excluding tert-OH is 1. The van der Waals surface area contributed by atoms with Crippen LogP contribution in [0.25, 0.3) is 0 Å². The van der Waals surface area contributed by atoms with Crippen LogP contribution in [0.1, 0.15) is 25.8 Å². The maximum Gasteiger partial charge on any atom is 0.106 e. The van der Waals surface area contributed by atoms with Gasteiger partial charge in [0.15, 0.2) is 0 Å². The molecule has 0 aliphatic carbocycles. The summed E-state index contributed by atoms with van der Waals surface area (Å²) in [5, 5.41) is 20.1. The predicted octanol–water partition coefficient (Wildman–Crippen LogP) is 1.09. The highest BCUT2D eigenvalue weighted by Gasteiger charge is 2.08. The maximum absolute atomic E-state index is 8.61. The molecule has 0 aromatic carbocycles. The molecule has 2 aromatic heterocycles. The molecule has 0 amide bonds. The normalized spacial score (nSPS) is 12.9. The summed E-state index contributed by atoms with van der Waals surface area (Å²) in [6.07, 6.45) is 8.95. The van der Waals surface area contributed by atoms with Crippen molar-refractivity contribution in [1.29, 1.82) is 5.26 Å². The lowest BCUT2D eigenvalue weighted by Gasteiger charge is -2.17. The van der Waals surface area contributed by atoms with E-state index in [1.54, 1.807) is 18.7 Å². The number of aliphatic hydroxyl groups is 1. The van der Waals surface area contributed by atoms with Crippen molar-refractivity contribution in [2.75, 3.05) is 6.61 Å². The summed E-state index contributed by atoms with van der Waals surface area (Å²) in [7, 11) is 0. The van der Waals surface area contributed by atoms with Crippen LogP contribution in [-0.2, 0) is 6.54 Å². The van der Waals surface area contributed by atoms with Crippen LogP contribution in [0.15, 0.2) is 31.1 Å². The van der Waals surface area contributed by atoms with Crippen LogP contribution in [0, 0.1) is 18.3 Å². The Morgan fingerprint density at radius 1 is 1.38 bits per heavy atom. The zero-order chi connectivity index (χ0) is 15.7. The number of hydrogen-bond donors (Lipinski definition) is 2. The quantitative estimate of drug-likeness (QED) is 0.860. The number of nitrogens with one attached hydrogen (secondary N) is 1. The fourth-order valence-electron chi connectivity index (χ4n) is 1.81. The van der Waals surface area contributed by atoms with Crippen LogP contribution in [0.4, 0.5) is 0 Å². The fourth-order valence-corrected chi connectivity index (χ4v) is 1.81. The maximum atomic E-state index is 8.61. The molecule has 2 rings (SSSR count). The molecular formula is C14H22N6O. The van der Waals surface area contributed by atoms with Gasteiger partial charge in [0.2, 0.25) is 0 Å². The van der Waals surface area contributed by atoms with Crippen molar-refractivity contribution in [1.82, 2.24) is 24.4 Å². The average Bonchev–Trinajstić information content (AvgIpc) is 3.11. The Hall–Kier alpha value is -2.17. The highest BCUT2D eigenvalue weighted by molar-refractivity contribution is 4.93. The summed E-state index contributed by atoms with van der Waals surface area (Å²) >= 11 is 0. The summed E-state index contributed by atoms with van der Waals surface area (Å²) in [6, 6.07) is 1.99. The first-order valence-corrected chi connectivity index (χ1v) is 6.80. The first-order valence-electron chi connectivity index (χ1n) is 6.80. The SMILES string of the molecule is Cc1nccn1C(C)NC(C)C#N.OCCn1ccnc1. The number of aromatic nitrogens is 4. The standard InChI is InChI=1S/C9H14N4.C5H8N2O/c1-7(6-10)12-9(3)13-5-4-11-8(13)2;8-4-3-7-2-1-6-5-7/h4-5,7,9,12H,1-3H3;1-2,5,8H,3-4H2. The van der Waals surface area contributed by atoms with E-state index in [0.29, 0.717) is 6.54 Å². The van der Waals surface area contributed by atoms with Crippen molar-refractivity contribution in [2.24, 2.45) is 0 Å². The second-order valence-corrected chi connectivity index (χ2v) is 4.60. The van der Waals surface area contributed by atoms with E-state index in [1.165, 1.54) is 0 Å². The molecule has 2 unspecified atom stereocenters. The molecule has 0 spiro atoms. The Morgan fingerprint density at radius 3 is 2.62 bits per heavy atom. The lowest BCUT2D eigenvalue weighted by atomic mass is 10.3. The summed E-state index contributed by atoms with van der Waals surface area (Å²) in [4.78, 5) is 7.90. The Morgan fingerprint density at radius 2 is 2.14 bits per heavy atom. The van der Waals surface area contributed by atoms with E-state index < -0.39 is 0 Å². The molecule has 2 atom stereocenters. The van der Waals surface area contributed by atoms with Gasteiger partial charge in [-0.25, -0.2) is 9.97 Å². The number of nitrogens with zero attached hydrogens (tertiary/aromatic N) is 5. The first kappa shape index (κ1) is 16.9. The van der Waals surface area contributed by atoms with Crippen molar-refractivity contribution in [3.63, 3.8) is 0 Å². The van der Waals surface area contributed by atoms with Gasteiger partial charge in [-0.15, -0.1) is 0 Å². The topological polar surface area (TPSA) is 91.7 Å². The van der Waals surface area contributed by atoms with Gasteiger partial charge >= 0.3 is 0 Å². The van der Waals surface area contributed by atoms with Crippen LogP contribution in [0.3, 0.4) is 0 Å². The number of imidazole rings is 2. The molecule has 0 saturated carbocycles. The van der Waals surface area contributed by atoms with Gasteiger partial charge < -0.3 is 14.2 Å². The van der Waals surface area contributed by atoms with E-state index in [1.807, 2.05) is 42.3 Å². The number of rotatable bonds is 5. The third-order valence-electron chi connectivity index (χ3n) is 2.88. The van der Waals surface area contributed by atoms with Crippen LogP contribution >= 0.6 is 0 Å². The third-order valence-corrected chi connectivity index (χ3v) is 2.88. The molecule has 7 nitrogen and oxygen atoms in total. The Balaban J connectivity index is 0.000000235. The molecule has 21 heavy (non-hydrogen) atoms. The Kier molecular flexibility index (Phi) is 7.15. The minimum absolute atomic E-state index is 0.108. The van der Waals surface area contributed by atoms with Crippen molar-refractivity contribution >= 4 is 0 Å². The van der Waals surface area contributed by atoms with Crippen LogP contribution in [0.2, 0.25) is 0 Å². The van der Waals surface area contributed by atoms with Crippen LogP contribution in [-0.4, -0.2) is 36.9 Å². The fraction of sp³-hybridized carbons (Fsp3) is 0.500. The lowest BCUT2D eigenvalue weighted by molar-refractivity contribution is 0.276. The molecule has 114 valence electrons. The van der Waals surface area contributed by atoms with E-state index in [0.717, 1.165) is 5.82 Å². The van der Waals surface area contributed by atoms with Crippen molar-refractivity contribution in [3.8, 4) is 6.07 Å². The summed E-state index contributed by atoms with van der Waals surface area (Å²) in [5.41, 5.74) is 0. The van der Waals surface area contributed by atoms with E-state index in [-0.39, 0.29) is 18.8 Å². The van der Waals surface area contributed by atoms with Gasteiger partial charge in [-0.1, -0.05) is 0 Å². The first-order chi connectivity index (χ1) is 10.1. The highest BCUT2D eigenvalue weighted by atomic mass is 16.3.